The summed E-state index contributed by atoms with van der Waals surface area (Å²) in [4.78, 5) is 42.4. The van der Waals surface area contributed by atoms with Crippen molar-refractivity contribution in [2.75, 3.05) is 33.3 Å². The fraction of sp³-hybridized carbons (Fsp3) is 0.421. The number of carbonyl (C=O) groups is 2. The molecule has 2 amide bonds. The quantitative estimate of drug-likeness (QED) is 0.890. The van der Waals surface area contributed by atoms with Gasteiger partial charge in [0.05, 0.1) is 7.11 Å². The highest BCUT2D eigenvalue weighted by Crippen LogP contribution is 2.19. The first kappa shape index (κ1) is 18.0. The molecule has 0 spiro atoms. The molecule has 1 aromatic carbocycles. The number of nitrogens with one attached hydrogen (secondary N) is 1. The van der Waals surface area contributed by atoms with Crippen molar-refractivity contribution in [3.8, 4) is 5.75 Å². The zero-order valence-electron chi connectivity index (χ0n) is 15.1. The summed E-state index contributed by atoms with van der Waals surface area (Å²) >= 11 is 0. The third-order valence-electron chi connectivity index (χ3n) is 4.81. The molecule has 138 valence electrons. The van der Waals surface area contributed by atoms with Gasteiger partial charge in [0.2, 0.25) is 11.8 Å². The molecule has 1 N–H and O–H groups in total. The molecule has 7 heteroatoms. The molecular weight excluding hydrogens is 334 g/mol. The monoisotopic (exact) mass is 357 g/mol. The van der Waals surface area contributed by atoms with Crippen LogP contribution in [0, 0.1) is 0 Å². The van der Waals surface area contributed by atoms with Gasteiger partial charge in [-0.1, -0.05) is 0 Å². The summed E-state index contributed by atoms with van der Waals surface area (Å²) in [5.41, 5.74) is 1.16. The summed E-state index contributed by atoms with van der Waals surface area (Å²) in [7, 11) is 1.60. The van der Waals surface area contributed by atoms with Gasteiger partial charge in [0, 0.05) is 56.0 Å². The second kappa shape index (κ2) is 7.59. The highest BCUT2D eigenvalue weighted by atomic mass is 16.5. The molecule has 0 bridgehead atoms. The van der Waals surface area contributed by atoms with Gasteiger partial charge in [0.25, 0.3) is 5.56 Å². The maximum absolute atomic E-state index is 12.4. The number of rotatable bonds is 4. The number of aromatic nitrogens is 1. The molecule has 26 heavy (non-hydrogen) atoms. The molecule has 1 aromatic heterocycles. The van der Waals surface area contributed by atoms with Crippen molar-refractivity contribution >= 4 is 22.7 Å². The van der Waals surface area contributed by atoms with E-state index in [0.717, 1.165) is 16.7 Å². The van der Waals surface area contributed by atoms with Gasteiger partial charge in [-0.15, -0.1) is 0 Å². The van der Waals surface area contributed by atoms with E-state index in [9.17, 15) is 14.4 Å². The van der Waals surface area contributed by atoms with Crippen LogP contribution in [0.4, 0.5) is 0 Å². The number of amides is 2. The molecule has 1 aliphatic rings. The lowest BCUT2D eigenvalue weighted by atomic mass is 10.1. The maximum Gasteiger partial charge on any atom is 0.251 e. The molecule has 2 heterocycles. The number of piperazine rings is 1. The fourth-order valence-electron chi connectivity index (χ4n) is 3.21. The molecule has 0 unspecified atom stereocenters. The molecule has 0 radical (unpaired) electrons. The van der Waals surface area contributed by atoms with Crippen molar-refractivity contribution in [1.29, 1.82) is 0 Å². The molecule has 7 nitrogen and oxygen atoms in total. The van der Waals surface area contributed by atoms with E-state index in [1.807, 2.05) is 12.1 Å². The van der Waals surface area contributed by atoms with Gasteiger partial charge in [-0.3, -0.25) is 14.4 Å². The minimum absolute atomic E-state index is 0.0124. The Bertz CT molecular complexity index is 882. The number of hydrogen-bond acceptors (Lipinski definition) is 4. The van der Waals surface area contributed by atoms with Crippen LogP contribution in [-0.4, -0.2) is 59.9 Å². The van der Waals surface area contributed by atoms with Crippen molar-refractivity contribution < 1.29 is 14.3 Å². The van der Waals surface area contributed by atoms with Gasteiger partial charge in [0.1, 0.15) is 5.75 Å². The lowest BCUT2D eigenvalue weighted by Crippen LogP contribution is -2.50. The molecular formula is C19H23N3O4. The van der Waals surface area contributed by atoms with Gasteiger partial charge in [0.15, 0.2) is 0 Å². The standard InChI is InChI=1S/C19H23N3O4/c1-13(23)21-7-9-22(10-8-21)18(24)6-3-14-11-15-12-16(26-2)4-5-17(15)20-19(14)25/h4-5,11-12H,3,6-10H2,1-2H3,(H,20,25). The van der Waals surface area contributed by atoms with Crippen molar-refractivity contribution in [2.45, 2.75) is 19.8 Å². The van der Waals surface area contributed by atoms with Crippen LogP contribution in [0.1, 0.15) is 18.9 Å². The Morgan fingerprint density at radius 1 is 1.12 bits per heavy atom. The SMILES string of the molecule is COc1ccc2[nH]c(=O)c(CCC(=O)N3CCN(C(C)=O)CC3)cc2c1. The average molecular weight is 357 g/mol. The Labute approximate surface area is 151 Å². The van der Waals surface area contributed by atoms with Crippen molar-refractivity contribution in [3.63, 3.8) is 0 Å². The Hall–Kier alpha value is -2.83. The highest BCUT2D eigenvalue weighted by molar-refractivity contribution is 5.81. The maximum atomic E-state index is 12.4. The van der Waals surface area contributed by atoms with Crippen LogP contribution in [0.15, 0.2) is 29.1 Å². The fourth-order valence-corrected chi connectivity index (χ4v) is 3.21. The molecule has 0 atom stereocenters. The minimum Gasteiger partial charge on any atom is -0.497 e. The molecule has 1 aliphatic heterocycles. The third kappa shape index (κ3) is 3.87. The zero-order valence-corrected chi connectivity index (χ0v) is 15.1. The van der Waals surface area contributed by atoms with Gasteiger partial charge in [-0.2, -0.15) is 0 Å². The smallest absolute Gasteiger partial charge is 0.251 e. The van der Waals surface area contributed by atoms with Crippen LogP contribution in [0.5, 0.6) is 5.75 Å². The number of hydrogen-bond donors (Lipinski definition) is 1. The second-order valence-corrected chi connectivity index (χ2v) is 6.46. The van der Waals surface area contributed by atoms with E-state index in [-0.39, 0.29) is 23.8 Å². The Balaban J connectivity index is 1.65. The number of aromatic amines is 1. The van der Waals surface area contributed by atoms with E-state index < -0.39 is 0 Å². The Kier molecular flexibility index (Phi) is 5.25. The summed E-state index contributed by atoms with van der Waals surface area (Å²) < 4.78 is 5.21. The Morgan fingerprint density at radius 2 is 1.81 bits per heavy atom. The van der Waals surface area contributed by atoms with Crippen LogP contribution in [0.3, 0.4) is 0 Å². The first-order valence-corrected chi connectivity index (χ1v) is 8.71. The number of ether oxygens (including phenoxy) is 1. The van der Waals surface area contributed by atoms with E-state index >= 15 is 0 Å². The second-order valence-electron chi connectivity index (χ2n) is 6.46. The summed E-state index contributed by atoms with van der Waals surface area (Å²) in [6.07, 6.45) is 0.660. The van der Waals surface area contributed by atoms with Crippen molar-refractivity contribution in [2.24, 2.45) is 0 Å². The highest BCUT2D eigenvalue weighted by Gasteiger charge is 2.22. The average Bonchev–Trinajstić information content (AvgIpc) is 2.65. The summed E-state index contributed by atoms with van der Waals surface area (Å²) in [6.45, 7) is 3.76. The van der Waals surface area contributed by atoms with Gasteiger partial charge >= 0.3 is 0 Å². The zero-order chi connectivity index (χ0) is 18.7. The van der Waals surface area contributed by atoms with Crippen LogP contribution in [0.25, 0.3) is 10.9 Å². The van der Waals surface area contributed by atoms with E-state index in [4.69, 9.17) is 4.74 Å². The van der Waals surface area contributed by atoms with Crippen LogP contribution >= 0.6 is 0 Å². The van der Waals surface area contributed by atoms with Crippen LogP contribution < -0.4 is 10.3 Å². The van der Waals surface area contributed by atoms with Crippen molar-refractivity contribution in [3.05, 3.63) is 40.2 Å². The predicted molar refractivity (Wildman–Crippen MR) is 98.3 cm³/mol. The number of methoxy groups -OCH3 is 1. The molecule has 1 fully saturated rings. The predicted octanol–water partition coefficient (Wildman–Crippen LogP) is 1.16. The van der Waals surface area contributed by atoms with Gasteiger partial charge in [-0.05, 0) is 30.7 Å². The molecule has 2 aromatic rings. The van der Waals surface area contributed by atoms with Crippen molar-refractivity contribution in [1.82, 2.24) is 14.8 Å². The lowest BCUT2D eigenvalue weighted by molar-refractivity contribution is -0.138. The number of pyridine rings is 1. The lowest BCUT2D eigenvalue weighted by Gasteiger charge is -2.34. The van der Waals surface area contributed by atoms with E-state index in [0.29, 0.717) is 38.2 Å². The van der Waals surface area contributed by atoms with E-state index in [1.165, 1.54) is 0 Å². The summed E-state index contributed by atoms with van der Waals surface area (Å²) in [6, 6.07) is 7.27. The molecule has 0 saturated carbocycles. The number of nitrogens with zero attached hydrogens (tertiary/aromatic N) is 2. The van der Waals surface area contributed by atoms with E-state index in [2.05, 4.69) is 4.98 Å². The van der Waals surface area contributed by atoms with E-state index in [1.54, 1.807) is 36.0 Å². The normalized spacial score (nSPS) is 14.5. The van der Waals surface area contributed by atoms with Gasteiger partial charge < -0.3 is 19.5 Å². The topological polar surface area (TPSA) is 82.7 Å². The number of carbonyl (C=O) groups excluding carboxylic acids is 2. The number of aryl methyl sites for hydroxylation is 1. The molecule has 1 saturated heterocycles. The number of benzene rings is 1. The first-order chi connectivity index (χ1) is 12.5. The molecule has 0 aliphatic carbocycles. The summed E-state index contributed by atoms with van der Waals surface area (Å²) in [5, 5.41) is 0.876. The van der Waals surface area contributed by atoms with Gasteiger partial charge in [-0.25, -0.2) is 0 Å². The third-order valence-corrected chi connectivity index (χ3v) is 4.81. The first-order valence-electron chi connectivity index (χ1n) is 8.71. The van der Waals surface area contributed by atoms with Crippen LogP contribution in [0.2, 0.25) is 0 Å². The minimum atomic E-state index is -0.170. The van der Waals surface area contributed by atoms with Crippen LogP contribution in [-0.2, 0) is 16.0 Å². The molecule has 3 rings (SSSR count). The summed E-state index contributed by atoms with van der Waals surface area (Å²) in [5.74, 6) is 0.767. The Morgan fingerprint density at radius 3 is 2.46 bits per heavy atom. The largest absolute Gasteiger partial charge is 0.497 e. The number of fused-ring (bicyclic) bond motifs is 1. The number of H-pyrrole nitrogens is 1.